The van der Waals surface area contributed by atoms with Crippen LogP contribution >= 0.6 is 0 Å². The fourth-order valence-electron chi connectivity index (χ4n) is 3.30. The lowest BCUT2D eigenvalue weighted by atomic mass is 9.99. The summed E-state index contributed by atoms with van der Waals surface area (Å²) in [6.07, 6.45) is 8.81. The first-order chi connectivity index (χ1) is 8.81. The number of amides is 1. The Morgan fingerprint density at radius 3 is 2.89 bits per heavy atom. The molecule has 0 aromatic carbocycles. The van der Waals surface area contributed by atoms with Crippen molar-refractivity contribution in [2.45, 2.75) is 63.5 Å². The minimum Gasteiger partial charge on any atom is -0.352 e. The number of piperidine rings is 1. The van der Waals surface area contributed by atoms with Gasteiger partial charge in [0, 0.05) is 25.0 Å². The summed E-state index contributed by atoms with van der Waals surface area (Å²) >= 11 is 0. The smallest absolute Gasteiger partial charge is 0.220 e. The van der Waals surface area contributed by atoms with Gasteiger partial charge in [0.1, 0.15) is 0 Å². The predicted molar refractivity (Wildman–Crippen MR) is 73.3 cm³/mol. The summed E-state index contributed by atoms with van der Waals surface area (Å²) in [6, 6.07) is 1.03. The topological polar surface area (TPSA) is 58.4 Å². The second kappa shape index (κ2) is 7.10. The van der Waals surface area contributed by atoms with Crippen LogP contribution < -0.4 is 11.1 Å². The Hall–Kier alpha value is -0.610. The number of fused-ring (bicyclic) bond motifs is 1. The van der Waals surface area contributed by atoms with E-state index in [4.69, 9.17) is 5.73 Å². The van der Waals surface area contributed by atoms with Gasteiger partial charge < -0.3 is 11.1 Å². The zero-order valence-electron chi connectivity index (χ0n) is 11.4. The zero-order valence-corrected chi connectivity index (χ0v) is 11.4. The molecule has 2 aliphatic heterocycles. The van der Waals surface area contributed by atoms with Crippen molar-refractivity contribution in [2.75, 3.05) is 19.6 Å². The molecule has 0 aliphatic carbocycles. The molecule has 4 nitrogen and oxygen atoms in total. The first kappa shape index (κ1) is 13.8. The van der Waals surface area contributed by atoms with Crippen molar-refractivity contribution in [2.24, 2.45) is 5.73 Å². The average Bonchev–Trinajstić information content (AvgIpc) is 2.78. The molecule has 2 aliphatic rings. The molecule has 0 aromatic rings. The third-order valence-corrected chi connectivity index (χ3v) is 4.31. The Morgan fingerprint density at radius 1 is 1.17 bits per heavy atom. The van der Waals surface area contributed by atoms with Crippen molar-refractivity contribution < 1.29 is 4.79 Å². The quantitative estimate of drug-likeness (QED) is 0.700. The number of nitrogens with two attached hydrogens (primary N) is 1. The summed E-state index contributed by atoms with van der Waals surface area (Å²) in [6.45, 7) is 3.14. The number of carbonyl (C=O) groups is 1. The molecule has 0 radical (unpaired) electrons. The van der Waals surface area contributed by atoms with Crippen LogP contribution in [0.15, 0.2) is 0 Å². The third kappa shape index (κ3) is 3.69. The van der Waals surface area contributed by atoms with Gasteiger partial charge in [-0.1, -0.05) is 12.8 Å². The van der Waals surface area contributed by atoms with E-state index < -0.39 is 0 Å². The fraction of sp³-hybridized carbons (Fsp3) is 0.929. The summed E-state index contributed by atoms with van der Waals surface area (Å²) in [4.78, 5) is 14.4. The van der Waals surface area contributed by atoms with Crippen molar-refractivity contribution in [3.8, 4) is 0 Å². The van der Waals surface area contributed by atoms with Crippen LogP contribution in [0.2, 0.25) is 0 Å². The molecule has 3 N–H and O–H groups in total. The summed E-state index contributed by atoms with van der Waals surface area (Å²) in [5.74, 6) is 0.240. The molecule has 2 heterocycles. The van der Waals surface area contributed by atoms with E-state index in [9.17, 15) is 4.79 Å². The highest BCUT2D eigenvalue weighted by Gasteiger charge is 2.35. The molecule has 0 bridgehead atoms. The maximum absolute atomic E-state index is 11.9. The van der Waals surface area contributed by atoms with Gasteiger partial charge in [-0.2, -0.15) is 0 Å². The Balaban J connectivity index is 1.67. The molecule has 1 amide bonds. The van der Waals surface area contributed by atoms with E-state index in [0.717, 1.165) is 32.2 Å². The van der Waals surface area contributed by atoms with Crippen LogP contribution in [0.1, 0.15) is 51.4 Å². The minimum absolute atomic E-state index is 0.240. The number of hydrogen-bond donors (Lipinski definition) is 2. The molecule has 2 unspecified atom stereocenters. The lowest BCUT2D eigenvalue weighted by Crippen LogP contribution is -2.46. The zero-order chi connectivity index (χ0) is 12.8. The molecule has 104 valence electrons. The van der Waals surface area contributed by atoms with E-state index in [1.807, 2.05) is 0 Å². The van der Waals surface area contributed by atoms with Crippen LogP contribution in [-0.2, 0) is 4.79 Å². The van der Waals surface area contributed by atoms with E-state index >= 15 is 0 Å². The fourth-order valence-corrected chi connectivity index (χ4v) is 3.30. The highest BCUT2D eigenvalue weighted by molar-refractivity contribution is 5.76. The molecular weight excluding hydrogens is 226 g/mol. The average molecular weight is 253 g/mol. The minimum atomic E-state index is 0.240. The van der Waals surface area contributed by atoms with Gasteiger partial charge in [0.2, 0.25) is 5.91 Å². The van der Waals surface area contributed by atoms with Gasteiger partial charge in [-0.15, -0.1) is 0 Å². The number of unbranched alkanes of at least 4 members (excludes halogenated alkanes) is 2. The molecule has 0 spiro atoms. The number of hydrogen-bond acceptors (Lipinski definition) is 3. The van der Waals surface area contributed by atoms with Gasteiger partial charge in [-0.05, 0) is 45.2 Å². The summed E-state index contributed by atoms with van der Waals surface area (Å²) in [5.41, 5.74) is 5.44. The highest BCUT2D eigenvalue weighted by Crippen LogP contribution is 2.27. The predicted octanol–water partition coefficient (Wildman–Crippen LogP) is 1.25. The molecule has 18 heavy (non-hydrogen) atoms. The number of nitrogens with zero attached hydrogens (tertiary/aromatic N) is 1. The highest BCUT2D eigenvalue weighted by atomic mass is 16.1. The van der Waals surface area contributed by atoms with Gasteiger partial charge in [0.15, 0.2) is 0 Å². The molecular formula is C14H27N3O. The third-order valence-electron chi connectivity index (χ3n) is 4.31. The first-order valence-electron chi connectivity index (χ1n) is 7.55. The lowest BCUT2D eigenvalue weighted by Gasteiger charge is -2.32. The number of rotatable bonds is 6. The van der Waals surface area contributed by atoms with Crippen LogP contribution in [0.25, 0.3) is 0 Å². The number of nitrogens with one attached hydrogen (secondary N) is 1. The molecule has 4 heteroatoms. The first-order valence-corrected chi connectivity index (χ1v) is 7.55. The van der Waals surface area contributed by atoms with Crippen molar-refractivity contribution in [3.63, 3.8) is 0 Å². The molecule has 2 fully saturated rings. The van der Waals surface area contributed by atoms with Gasteiger partial charge in [0.05, 0.1) is 0 Å². The molecule has 0 aromatic heterocycles. The van der Waals surface area contributed by atoms with Crippen molar-refractivity contribution in [1.29, 1.82) is 0 Å². The Labute approximate surface area is 110 Å². The van der Waals surface area contributed by atoms with E-state index in [0.29, 0.717) is 18.5 Å². The maximum Gasteiger partial charge on any atom is 0.220 e. The van der Waals surface area contributed by atoms with E-state index in [1.165, 1.54) is 32.4 Å². The van der Waals surface area contributed by atoms with E-state index in [2.05, 4.69) is 10.2 Å². The molecule has 0 saturated carbocycles. The van der Waals surface area contributed by atoms with Crippen LogP contribution in [0.3, 0.4) is 0 Å². The van der Waals surface area contributed by atoms with Crippen LogP contribution in [0.5, 0.6) is 0 Å². The van der Waals surface area contributed by atoms with Crippen molar-refractivity contribution in [1.82, 2.24) is 10.2 Å². The second-order valence-electron chi connectivity index (χ2n) is 5.66. The Kier molecular flexibility index (Phi) is 5.45. The van der Waals surface area contributed by atoms with Gasteiger partial charge in [-0.25, -0.2) is 0 Å². The molecule has 2 atom stereocenters. The van der Waals surface area contributed by atoms with Gasteiger partial charge in [0.25, 0.3) is 0 Å². The Morgan fingerprint density at radius 2 is 2.06 bits per heavy atom. The summed E-state index contributed by atoms with van der Waals surface area (Å²) in [5, 5.41) is 3.24. The standard InChI is InChI=1S/C14H27N3O/c15-9-4-1-2-7-14(18)16-12-8-11-17-10-5-3-6-13(12)17/h12-13H,1-11,15H2,(H,16,18). The van der Waals surface area contributed by atoms with Crippen molar-refractivity contribution >= 4 is 5.91 Å². The summed E-state index contributed by atoms with van der Waals surface area (Å²) in [7, 11) is 0. The normalized spacial score (nSPS) is 28.1. The van der Waals surface area contributed by atoms with Crippen LogP contribution in [0.4, 0.5) is 0 Å². The largest absolute Gasteiger partial charge is 0.352 e. The SMILES string of the molecule is NCCCCCC(=O)NC1CCN2CCCCC12. The van der Waals surface area contributed by atoms with Gasteiger partial charge >= 0.3 is 0 Å². The van der Waals surface area contributed by atoms with E-state index in [-0.39, 0.29) is 5.91 Å². The molecule has 2 saturated heterocycles. The Bertz CT molecular complexity index is 270. The summed E-state index contributed by atoms with van der Waals surface area (Å²) < 4.78 is 0. The van der Waals surface area contributed by atoms with Gasteiger partial charge in [-0.3, -0.25) is 9.69 Å². The van der Waals surface area contributed by atoms with Crippen LogP contribution in [-0.4, -0.2) is 42.5 Å². The monoisotopic (exact) mass is 253 g/mol. The second-order valence-corrected chi connectivity index (χ2v) is 5.66. The lowest BCUT2D eigenvalue weighted by molar-refractivity contribution is -0.122. The maximum atomic E-state index is 11.9. The molecule has 2 rings (SSSR count). The number of carbonyl (C=O) groups excluding carboxylic acids is 1. The van der Waals surface area contributed by atoms with Crippen molar-refractivity contribution in [3.05, 3.63) is 0 Å². The van der Waals surface area contributed by atoms with E-state index in [1.54, 1.807) is 0 Å². The van der Waals surface area contributed by atoms with Crippen LogP contribution in [0, 0.1) is 0 Å².